The van der Waals surface area contributed by atoms with Gasteiger partial charge in [0.25, 0.3) is 11.8 Å². The van der Waals surface area contributed by atoms with Crippen molar-refractivity contribution in [2.45, 2.75) is 11.4 Å². The minimum absolute atomic E-state index is 0.0155. The van der Waals surface area contributed by atoms with Gasteiger partial charge in [-0.1, -0.05) is 48.5 Å². The van der Waals surface area contributed by atoms with Crippen molar-refractivity contribution in [2.75, 3.05) is 26.0 Å². The fourth-order valence-corrected chi connectivity index (χ4v) is 4.10. The molecule has 3 aromatic rings. The molecule has 9 heteroatoms. The van der Waals surface area contributed by atoms with E-state index in [-0.39, 0.29) is 35.3 Å². The monoisotopic (exact) mass is 467 g/mol. The molecule has 3 rings (SSSR count). The molecule has 0 aliphatic rings. The van der Waals surface area contributed by atoms with Gasteiger partial charge in [-0.25, -0.2) is 12.7 Å². The molecule has 172 valence electrons. The Hall–Kier alpha value is -3.69. The fraction of sp³-hybridized carbons (Fsp3) is 0.167. The van der Waals surface area contributed by atoms with E-state index in [0.717, 1.165) is 4.31 Å². The Morgan fingerprint density at radius 1 is 0.879 bits per heavy atom. The number of rotatable bonds is 9. The molecule has 8 nitrogen and oxygen atoms in total. The molecule has 33 heavy (non-hydrogen) atoms. The number of anilines is 1. The topological polar surface area (TPSA) is 105 Å². The lowest BCUT2D eigenvalue weighted by Gasteiger charge is -2.16. The Kier molecular flexibility index (Phi) is 7.81. The summed E-state index contributed by atoms with van der Waals surface area (Å²) in [5.41, 5.74) is 1.39. The standard InChI is InChI=1S/C24H25N3O5S/c1-27(2)33(30,31)22-15-9-6-10-18(22)16-25-23(28)17-32-21-14-8-7-13-20(21)24(29)26-19-11-4-3-5-12-19/h3-15H,16-17H2,1-2H3,(H,25,28)(H,26,29). The van der Waals surface area contributed by atoms with Crippen molar-refractivity contribution in [3.8, 4) is 5.75 Å². The highest BCUT2D eigenvalue weighted by molar-refractivity contribution is 7.89. The Labute approximate surface area is 193 Å². The van der Waals surface area contributed by atoms with Crippen LogP contribution in [0.5, 0.6) is 5.75 Å². The van der Waals surface area contributed by atoms with Crippen LogP contribution in [0.1, 0.15) is 15.9 Å². The van der Waals surface area contributed by atoms with Crippen molar-refractivity contribution in [3.05, 3.63) is 90.0 Å². The van der Waals surface area contributed by atoms with Gasteiger partial charge in [-0.15, -0.1) is 0 Å². The number of hydrogen-bond acceptors (Lipinski definition) is 5. The summed E-state index contributed by atoms with van der Waals surface area (Å²) in [7, 11) is -0.749. The molecule has 0 aromatic heterocycles. The molecule has 0 saturated carbocycles. The normalized spacial score (nSPS) is 11.1. The maximum absolute atomic E-state index is 12.6. The lowest BCUT2D eigenvalue weighted by Crippen LogP contribution is -2.30. The third kappa shape index (κ3) is 6.18. The highest BCUT2D eigenvalue weighted by Crippen LogP contribution is 2.20. The molecule has 0 aliphatic carbocycles. The van der Waals surface area contributed by atoms with Gasteiger partial charge in [0, 0.05) is 26.3 Å². The first kappa shape index (κ1) is 24.0. The van der Waals surface area contributed by atoms with E-state index in [2.05, 4.69) is 10.6 Å². The van der Waals surface area contributed by atoms with Crippen LogP contribution in [-0.2, 0) is 21.4 Å². The fourth-order valence-electron chi connectivity index (χ4n) is 2.99. The van der Waals surface area contributed by atoms with Crippen LogP contribution in [0.4, 0.5) is 5.69 Å². The number of para-hydroxylation sites is 2. The van der Waals surface area contributed by atoms with Crippen LogP contribution >= 0.6 is 0 Å². The van der Waals surface area contributed by atoms with Crippen LogP contribution in [0.3, 0.4) is 0 Å². The number of ether oxygens (including phenoxy) is 1. The quantitative estimate of drug-likeness (QED) is 0.504. The lowest BCUT2D eigenvalue weighted by molar-refractivity contribution is -0.123. The van der Waals surface area contributed by atoms with Gasteiger partial charge in [-0.2, -0.15) is 0 Å². The minimum atomic E-state index is -3.65. The summed E-state index contributed by atoms with van der Waals surface area (Å²) < 4.78 is 31.7. The van der Waals surface area contributed by atoms with Crippen LogP contribution in [-0.4, -0.2) is 45.2 Å². The number of sulfonamides is 1. The van der Waals surface area contributed by atoms with Crippen LogP contribution in [0, 0.1) is 0 Å². The zero-order valence-electron chi connectivity index (χ0n) is 18.3. The van der Waals surface area contributed by atoms with Gasteiger partial charge in [0.2, 0.25) is 10.0 Å². The molecule has 0 unspecified atom stereocenters. The Bertz CT molecular complexity index is 1230. The number of nitrogens with zero attached hydrogens (tertiary/aromatic N) is 1. The molecule has 0 radical (unpaired) electrons. The number of hydrogen-bond donors (Lipinski definition) is 2. The third-order valence-electron chi connectivity index (χ3n) is 4.73. The predicted molar refractivity (Wildman–Crippen MR) is 125 cm³/mol. The average Bonchev–Trinajstić information content (AvgIpc) is 2.82. The van der Waals surface area contributed by atoms with Gasteiger partial charge >= 0.3 is 0 Å². The number of carbonyl (C=O) groups is 2. The SMILES string of the molecule is CN(C)S(=O)(=O)c1ccccc1CNC(=O)COc1ccccc1C(=O)Nc1ccccc1. The predicted octanol–water partition coefficient (Wildman–Crippen LogP) is 2.88. The molecule has 2 amide bonds. The molecule has 0 fully saturated rings. The highest BCUT2D eigenvalue weighted by atomic mass is 32.2. The highest BCUT2D eigenvalue weighted by Gasteiger charge is 2.21. The molecular formula is C24H25N3O5S. The third-order valence-corrected chi connectivity index (χ3v) is 6.64. The van der Waals surface area contributed by atoms with Crippen LogP contribution in [0.2, 0.25) is 0 Å². The summed E-state index contributed by atoms with van der Waals surface area (Å²) in [6.07, 6.45) is 0. The minimum Gasteiger partial charge on any atom is -0.483 e. The van der Waals surface area contributed by atoms with Crippen LogP contribution in [0.25, 0.3) is 0 Å². The first-order chi connectivity index (χ1) is 15.8. The lowest BCUT2D eigenvalue weighted by atomic mass is 10.2. The summed E-state index contributed by atoms with van der Waals surface area (Å²) in [5.74, 6) is -0.554. The van der Waals surface area contributed by atoms with Crippen molar-refractivity contribution in [2.24, 2.45) is 0 Å². The Balaban J connectivity index is 1.62. The molecule has 0 atom stereocenters. The van der Waals surface area contributed by atoms with E-state index in [4.69, 9.17) is 4.74 Å². The van der Waals surface area contributed by atoms with Crippen molar-refractivity contribution < 1.29 is 22.7 Å². The van der Waals surface area contributed by atoms with E-state index in [1.54, 1.807) is 54.6 Å². The van der Waals surface area contributed by atoms with E-state index in [9.17, 15) is 18.0 Å². The Morgan fingerprint density at radius 2 is 1.52 bits per heavy atom. The molecule has 0 saturated heterocycles. The van der Waals surface area contributed by atoms with E-state index < -0.39 is 15.9 Å². The zero-order valence-corrected chi connectivity index (χ0v) is 19.1. The average molecular weight is 468 g/mol. The van der Waals surface area contributed by atoms with Gasteiger partial charge in [0.15, 0.2) is 6.61 Å². The Morgan fingerprint density at radius 3 is 2.24 bits per heavy atom. The first-order valence-electron chi connectivity index (χ1n) is 10.1. The second-order valence-corrected chi connectivity index (χ2v) is 9.40. The van der Waals surface area contributed by atoms with E-state index in [1.807, 2.05) is 18.2 Å². The molecule has 0 spiro atoms. The van der Waals surface area contributed by atoms with Gasteiger partial charge in [-0.05, 0) is 35.9 Å². The second kappa shape index (κ2) is 10.8. The maximum Gasteiger partial charge on any atom is 0.259 e. The van der Waals surface area contributed by atoms with Crippen molar-refractivity contribution >= 4 is 27.5 Å². The number of carbonyl (C=O) groups excluding carboxylic acids is 2. The molecular weight excluding hydrogens is 442 g/mol. The second-order valence-electron chi connectivity index (χ2n) is 7.28. The zero-order chi connectivity index (χ0) is 23.8. The van der Waals surface area contributed by atoms with Gasteiger partial charge in [0.1, 0.15) is 5.75 Å². The van der Waals surface area contributed by atoms with E-state index in [1.165, 1.54) is 20.2 Å². The van der Waals surface area contributed by atoms with Gasteiger partial charge in [-0.3, -0.25) is 9.59 Å². The first-order valence-corrected chi connectivity index (χ1v) is 11.6. The molecule has 2 N–H and O–H groups in total. The summed E-state index contributed by atoms with van der Waals surface area (Å²) in [6, 6.07) is 22.1. The van der Waals surface area contributed by atoms with Gasteiger partial charge < -0.3 is 15.4 Å². The van der Waals surface area contributed by atoms with Crippen molar-refractivity contribution in [3.63, 3.8) is 0 Å². The largest absolute Gasteiger partial charge is 0.483 e. The summed E-state index contributed by atoms with van der Waals surface area (Å²) in [5, 5.41) is 5.44. The molecule has 0 bridgehead atoms. The summed E-state index contributed by atoms with van der Waals surface area (Å²) in [6.45, 7) is -0.320. The van der Waals surface area contributed by atoms with Crippen molar-refractivity contribution in [1.82, 2.24) is 9.62 Å². The molecule has 0 heterocycles. The van der Waals surface area contributed by atoms with Crippen LogP contribution in [0.15, 0.2) is 83.8 Å². The molecule has 3 aromatic carbocycles. The van der Waals surface area contributed by atoms with Gasteiger partial charge in [0.05, 0.1) is 10.5 Å². The maximum atomic E-state index is 12.6. The number of nitrogens with one attached hydrogen (secondary N) is 2. The van der Waals surface area contributed by atoms with Crippen molar-refractivity contribution in [1.29, 1.82) is 0 Å². The number of benzene rings is 3. The molecule has 0 aliphatic heterocycles. The summed E-state index contributed by atoms with van der Waals surface area (Å²) in [4.78, 5) is 25.1. The van der Waals surface area contributed by atoms with Crippen LogP contribution < -0.4 is 15.4 Å². The number of amides is 2. The smallest absolute Gasteiger partial charge is 0.259 e. The summed E-state index contributed by atoms with van der Waals surface area (Å²) >= 11 is 0. The van der Waals surface area contributed by atoms with E-state index >= 15 is 0 Å². The van der Waals surface area contributed by atoms with E-state index in [0.29, 0.717) is 11.3 Å².